The minimum absolute atomic E-state index is 0.00563. The van der Waals surface area contributed by atoms with Crippen LogP contribution >= 0.6 is 11.6 Å². The van der Waals surface area contributed by atoms with Crippen LogP contribution < -0.4 is 5.32 Å². The van der Waals surface area contributed by atoms with E-state index < -0.39 is 0 Å². The first-order chi connectivity index (χ1) is 7.11. The average Bonchev–Trinajstić information content (AvgIpc) is 2.17. The summed E-state index contributed by atoms with van der Waals surface area (Å²) in [6.45, 7) is 2.38. The zero-order valence-corrected chi connectivity index (χ0v) is 9.29. The molecule has 0 aliphatic rings. The molecule has 82 valence electrons. The van der Waals surface area contributed by atoms with Crippen LogP contribution in [-0.2, 0) is 0 Å². The Balaban J connectivity index is 2.51. The fraction of sp³-hybridized carbons (Fsp3) is 0.364. The van der Waals surface area contributed by atoms with Crippen molar-refractivity contribution in [1.82, 2.24) is 5.32 Å². The summed E-state index contributed by atoms with van der Waals surface area (Å²) in [7, 11) is 0. The summed E-state index contributed by atoms with van der Waals surface area (Å²) in [5.41, 5.74) is 0.291. The topological polar surface area (TPSA) is 49.3 Å². The van der Waals surface area contributed by atoms with Gasteiger partial charge in [-0.15, -0.1) is 11.6 Å². The molecule has 0 aromatic heterocycles. The minimum atomic E-state index is -0.273. The number of hydrogen-bond acceptors (Lipinski definition) is 2. The zero-order chi connectivity index (χ0) is 11.3. The Kier molecular flexibility index (Phi) is 4.43. The van der Waals surface area contributed by atoms with Crippen LogP contribution in [0, 0.1) is 0 Å². The Labute approximate surface area is 94.1 Å². The molecule has 4 heteroatoms. The van der Waals surface area contributed by atoms with Crippen molar-refractivity contribution in [2.45, 2.75) is 18.7 Å². The van der Waals surface area contributed by atoms with E-state index in [1.807, 2.05) is 6.92 Å². The largest absolute Gasteiger partial charge is 0.507 e. The highest BCUT2D eigenvalue weighted by atomic mass is 35.5. The van der Waals surface area contributed by atoms with Gasteiger partial charge in [-0.3, -0.25) is 4.79 Å². The molecule has 0 heterocycles. The Morgan fingerprint density at radius 1 is 1.53 bits per heavy atom. The van der Waals surface area contributed by atoms with Gasteiger partial charge in [0.15, 0.2) is 0 Å². The second-order valence-corrected chi connectivity index (χ2v) is 4.09. The lowest BCUT2D eigenvalue weighted by Gasteiger charge is -2.07. The van der Waals surface area contributed by atoms with Gasteiger partial charge in [-0.1, -0.05) is 12.1 Å². The molecule has 15 heavy (non-hydrogen) atoms. The van der Waals surface area contributed by atoms with Crippen molar-refractivity contribution in [1.29, 1.82) is 0 Å². The number of phenols is 1. The third-order valence-corrected chi connectivity index (χ3v) is 2.19. The van der Waals surface area contributed by atoms with E-state index >= 15 is 0 Å². The lowest BCUT2D eigenvalue weighted by Crippen LogP contribution is -2.25. The van der Waals surface area contributed by atoms with Gasteiger partial charge >= 0.3 is 0 Å². The molecule has 0 aliphatic carbocycles. The normalized spacial score (nSPS) is 12.1. The molecule has 0 saturated carbocycles. The molecular weight excluding hydrogens is 214 g/mol. The quantitative estimate of drug-likeness (QED) is 0.775. The van der Waals surface area contributed by atoms with Crippen molar-refractivity contribution >= 4 is 17.5 Å². The van der Waals surface area contributed by atoms with Gasteiger partial charge in [-0.25, -0.2) is 0 Å². The molecule has 0 radical (unpaired) electrons. The van der Waals surface area contributed by atoms with Gasteiger partial charge in [-0.2, -0.15) is 0 Å². The van der Waals surface area contributed by atoms with Crippen LogP contribution in [0.15, 0.2) is 24.3 Å². The lowest BCUT2D eigenvalue weighted by molar-refractivity contribution is 0.0950. The zero-order valence-electron chi connectivity index (χ0n) is 8.53. The van der Waals surface area contributed by atoms with Gasteiger partial charge in [0.1, 0.15) is 5.75 Å². The van der Waals surface area contributed by atoms with Crippen LogP contribution in [0.3, 0.4) is 0 Å². The summed E-state index contributed by atoms with van der Waals surface area (Å²) in [5.74, 6) is -0.278. The van der Waals surface area contributed by atoms with Gasteiger partial charge in [0.05, 0.1) is 5.56 Å². The monoisotopic (exact) mass is 227 g/mol. The predicted molar refractivity (Wildman–Crippen MR) is 60.4 cm³/mol. The fourth-order valence-electron chi connectivity index (χ4n) is 1.15. The van der Waals surface area contributed by atoms with Gasteiger partial charge < -0.3 is 10.4 Å². The van der Waals surface area contributed by atoms with Crippen molar-refractivity contribution in [3.8, 4) is 5.75 Å². The number of phenolic OH excluding ortho intramolecular Hbond substituents is 1. The molecule has 1 unspecified atom stereocenters. The number of halogens is 1. The average molecular weight is 228 g/mol. The molecule has 0 spiro atoms. The maximum Gasteiger partial charge on any atom is 0.255 e. The number of carbonyl (C=O) groups is 1. The highest BCUT2D eigenvalue weighted by Crippen LogP contribution is 2.14. The van der Waals surface area contributed by atoms with Crippen LogP contribution in [0.2, 0.25) is 0 Å². The Bertz CT molecular complexity index is 339. The van der Waals surface area contributed by atoms with Crippen LogP contribution in [0.25, 0.3) is 0 Å². The number of benzene rings is 1. The smallest absolute Gasteiger partial charge is 0.255 e. The number of carbonyl (C=O) groups excluding carboxylic acids is 1. The van der Waals surface area contributed by atoms with Crippen molar-refractivity contribution < 1.29 is 9.90 Å². The number of para-hydroxylation sites is 1. The van der Waals surface area contributed by atoms with E-state index in [9.17, 15) is 9.90 Å². The highest BCUT2D eigenvalue weighted by Gasteiger charge is 2.09. The first kappa shape index (κ1) is 11.9. The molecule has 0 saturated heterocycles. The van der Waals surface area contributed by atoms with Crippen LogP contribution in [0.4, 0.5) is 0 Å². The molecule has 1 atom stereocenters. The van der Waals surface area contributed by atoms with Crippen molar-refractivity contribution in [2.24, 2.45) is 0 Å². The summed E-state index contributed by atoms with van der Waals surface area (Å²) in [6, 6.07) is 6.44. The fourth-order valence-corrected chi connectivity index (χ4v) is 1.25. The number of nitrogens with one attached hydrogen (secondary N) is 1. The lowest BCUT2D eigenvalue weighted by atomic mass is 10.2. The molecule has 2 N–H and O–H groups in total. The SMILES string of the molecule is CC(Cl)CCNC(=O)c1ccccc1O. The van der Waals surface area contributed by atoms with E-state index in [1.54, 1.807) is 18.2 Å². The van der Waals surface area contributed by atoms with Gasteiger partial charge in [0, 0.05) is 11.9 Å². The third-order valence-electron chi connectivity index (χ3n) is 1.98. The van der Waals surface area contributed by atoms with E-state index in [0.717, 1.165) is 0 Å². The Hall–Kier alpha value is -1.22. The van der Waals surface area contributed by atoms with Crippen LogP contribution in [-0.4, -0.2) is 22.9 Å². The number of rotatable bonds is 4. The van der Waals surface area contributed by atoms with Crippen molar-refractivity contribution in [3.05, 3.63) is 29.8 Å². The molecule has 1 aromatic carbocycles. The van der Waals surface area contributed by atoms with E-state index in [4.69, 9.17) is 11.6 Å². The second-order valence-electron chi connectivity index (χ2n) is 3.34. The van der Waals surface area contributed by atoms with Crippen molar-refractivity contribution in [3.63, 3.8) is 0 Å². The molecule has 0 aliphatic heterocycles. The predicted octanol–water partition coefficient (Wildman–Crippen LogP) is 2.14. The van der Waals surface area contributed by atoms with E-state index in [2.05, 4.69) is 5.32 Å². The Morgan fingerprint density at radius 3 is 2.80 bits per heavy atom. The summed E-state index contributed by atoms with van der Waals surface area (Å²) in [5, 5.41) is 12.1. The summed E-state index contributed by atoms with van der Waals surface area (Å²) in [6.07, 6.45) is 0.709. The van der Waals surface area contributed by atoms with E-state index in [0.29, 0.717) is 18.5 Å². The summed E-state index contributed by atoms with van der Waals surface area (Å²) < 4.78 is 0. The highest BCUT2D eigenvalue weighted by molar-refractivity contribution is 6.20. The van der Waals surface area contributed by atoms with E-state index in [1.165, 1.54) is 6.07 Å². The van der Waals surface area contributed by atoms with Crippen molar-refractivity contribution in [2.75, 3.05) is 6.54 Å². The standard InChI is InChI=1S/C11H14ClNO2/c1-8(12)6-7-13-11(15)9-4-2-3-5-10(9)14/h2-5,8,14H,6-7H2,1H3,(H,13,15). The summed E-state index contributed by atoms with van der Waals surface area (Å²) >= 11 is 5.74. The van der Waals surface area contributed by atoms with E-state index in [-0.39, 0.29) is 17.0 Å². The van der Waals surface area contributed by atoms with Crippen LogP contribution in [0.5, 0.6) is 5.75 Å². The molecule has 1 aromatic rings. The summed E-state index contributed by atoms with van der Waals surface area (Å²) in [4.78, 5) is 11.5. The molecule has 1 amide bonds. The minimum Gasteiger partial charge on any atom is -0.507 e. The Morgan fingerprint density at radius 2 is 2.20 bits per heavy atom. The first-order valence-electron chi connectivity index (χ1n) is 4.81. The second kappa shape index (κ2) is 5.61. The number of amides is 1. The first-order valence-corrected chi connectivity index (χ1v) is 5.25. The van der Waals surface area contributed by atoms with Crippen LogP contribution in [0.1, 0.15) is 23.7 Å². The third kappa shape index (κ3) is 3.80. The number of hydrogen-bond donors (Lipinski definition) is 2. The maximum atomic E-state index is 11.5. The molecular formula is C11H14ClNO2. The maximum absolute atomic E-state index is 11.5. The molecule has 1 rings (SSSR count). The molecule has 0 bridgehead atoms. The number of aromatic hydroxyl groups is 1. The van der Waals surface area contributed by atoms with Gasteiger partial charge in [-0.05, 0) is 25.5 Å². The van der Waals surface area contributed by atoms with Gasteiger partial charge in [0.2, 0.25) is 0 Å². The molecule has 3 nitrogen and oxygen atoms in total. The number of alkyl halides is 1. The van der Waals surface area contributed by atoms with Gasteiger partial charge in [0.25, 0.3) is 5.91 Å². The molecule has 0 fully saturated rings.